The maximum Gasteiger partial charge on any atom is 0.304 e. The molecule has 1 aromatic heterocycles. The Morgan fingerprint density at radius 1 is 1.35 bits per heavy atom. The van der Waals surface area contributed by atoms with E-state index in [0.29, 0.717) is 24.6 Å². The summed E-state index contributed by atoms with van der Waals surface area (Å²) in [5.74, 6) is 0.291. The SMILES string of the molecule is Cc1cc(F)ccc1-c1ccc(CNCCC(=O)O)o1. The molecule has 2 N–H and O–H groups in total. The molecule has 0 aliphatic heterocycles. The zero-order chi connectivity index (χ0) is 14.5. The number of carbonyl (C=O) groups is 1. The average Bonchev–Trinajstić information content (AvgIpc) is 2.83. The summed E-state index contributed by atoms with van der Waals surface area (Å²) in [5.41, 5.74) is 1.66. The van der Waals surface area contributed by atoms with Gasteiger partial charge in [-0.3, -0.25) is 4.79 Å². The Morgan fingerprint density at radius 3 is 2.85 bits per heavy atom. The molecule has 0 unspecified atom stereocenters. The van der Waals surface area contributed by atoms with E-state index in [-0.39, 0.29) is 12.2 Å². The maximum atomic E-state index is 13.1. The Morgan fingerprint density at radius 2 is 2.15 bits per heavy atom. The molecule has 0 aliphatic rings. The van der Waals surface area contributed by atoms with Crippen LogP contribution in [0.3, 0.4) is 0 Å². The molecule has 4 nitrogen and oxygen atoms in total. The number of rotatable bonds is 6. The summed E-state index contributed by atoms with van der Waals surface area (Å²) in [6.07, 6.45) is 0.0740. The fraction of sp³-hybridized carbons (Fsp3) is 0.267. The second kappa shape index (κ2) is 6.34. The van der Waals surface area contributed by atoms with Crippen molar-refractivity contribution in [2.24, 2.45) is 0 Å². The maximum absolute atomic E-state index is 13.1. The van der Waals surface area contributed by atoms with E-state index in [0.717, 1.165) is 11.1 Å². The van der Waals surface area contributed by atoms with Gasteiger partial charge in [0.1, 0.15) is 17.3 Å². The van der Waals surface area contributed by atoms with Crippen molar-refractivity contribution in [2.75, 3.05) is 6.54 Å². The number of hydrogen-bond donors (Lipinski definition) is 2. The van der Waals surface area contributed by atoms with Crippen LogP contribution in [0.5, 0.6) is 0 Å². The van der Waals surface area contributed by atoms with Crippen molar-refractivity contribution in [3.63, 3.8) is 0 Å². The molecule has 20 heavy (non-hydrogen) atoms. The van der Waals surface area contributed by atoms with E-state index >= 15 is 0 Å². The van der Waals surface area contributed by atoms with Crippen LogP contribution in [0.2, 0.25) is 0 Å². The molecule has 0 fully saturated rings. The van der Waals surface area contributed by atoms with Gasteiger partial charge in [0, 0.05) is 12.1 Å². The highest BCUT2D eigenvalue weighted by Crippen LogP contribution is 2.26. The standard InChI is InChI=1S/C15H16FNO3/c1-10-8-11(16)2-4-13(10)14-5-3-12(20-14)9-17-7-6-15(18)19/h2-5,8,17H,6-7,9H2,1H3,(H,18,19). The minimum atomic E-state index is -0.834. The molecule has 0 aliphatic carbocycles. The summed E-state index contributed by atoms with van der Waals surface area (Å²) < 4.78 is 18.7. The summed E-state index contributed by atoms with van der Waals surface area (Å²) in [4.78, 5) is 10.4. The second-order valence-corrected chi connectivity index (χ2v) is 4.55. The van der Waals surface area contributed by atoms with Gasteiger partial charge >= 0.3 is 5.97 Å². The fourth-order valence-corrected chi connectivity index (χ4v) is 1.93. The lowest BCUT2D eigenvalue weighted by Crippen LogP contribution is -2.17. The lowest BCUT2D eigenvalue weighted by molar-refractivity contribution is -0.136. The lowest BCUT2D eigenvalue weighted by atomic mass is 10.1. The molecule has 5 heteroatoms. The Balaban J connectivity index is 1.99. The van der Waals surface area contributed by atoms with Crippen molar-refractivity contribution in [2.45, 2.75) is 19.9 Å². The van der Waals surface area contributed by atoms with E-state index < -0.39 is 5.97 Å². The molecular weight excluding hydrogens is 261 g/mol. The van der Waals surface area contributed by atoms with Crippen LogP contribution in [-0.2, 0) is 11.3 Å². The predicted octanol–water partition coefficient (Wildman–Crippen LogP) is 2.96. The van der Waals surface area contributed by atoms with Crippen molar-refractivity contribution < 1.29 is 18.7 Å². The van der Waals surface area contributed by atoms with Crippen molar-refractivity contribution in [3.8, 4) is 11.3 Å². The number of furan rings is 1. The Bertz CT molecular complexity index is 607. The van der Waals surface area contributed by atoms with E-state index in [4.69, 9.17) is 9.52 Å². The minimum Gasteiger partial charge on any atom is -0.481 e. The topological polar surface area (TPSA) is 62.5 Å². The van der Waals surface area contributed by atoms with Gasteiger partial charge in [-0.25, -0.2) is 4.39 Å². The van der Waals surface area contributed by atoms with Gasteiger partial charge in [0.2, 0.25) is 0 Å². The lowest BCUT2D eigenvalue weighted by Gasteiger charge is -2.03. The first-order valence-corrected chi connectivity index (χ1v) is 6.34. The van der Waals surface area contributed by atoms with Gasteiger partial charge in [-0.05, 0) is 42.8 Å². The molecular formula is C15H16FNO3. The number of aryl methyl sites for hydroxylation is 1. The highest BCUT2D eigenvalue weighted by molar-refractivity contribution is 5.66. The van der Waals surface area contributed by atoms with Crippen LogP contribution in [0.1, 0.15) is 17.7 Å². The van der Waals surface area contributed by atoms with Crippen LogP contribution in [-0.4, -0.2) is 17.6 Å². The first-order valence-electron chi connectivity index (χ1n) is 6.34. The smallest absolute Gasteiger partial charge is 0.304 e. The monoisotopic (exact) mass is 277 g/mol. The third-order valence-electron chi connectivity index (χ3n) is 2.93. The van der Waals surface area contributed by atoms with Gasteiger partial charge in [0.15, 0.2) is 0 Å². The molecule has 1 aromatic carbocycles. The summed E-state index contributed by atoms with van der Waals surface area (Å²) in [5, 5.41) is 11.5. The zero-order valence-electron chi connectivity index (χ0n) is 11.1. The number of benzene rings is 1. The fourth-order valence-electron chi connectivity index (χ4n) is 1.93. The van der Waals surface area contributed by atoms with Crippen LogP contribution in [0.25, 0.3) is 11.3 Å². The van der Waals surface area contributed by atoms with Gasteiger partial charge in [0.05, 0.1) is 13.0 Å². The highest BCUT2D eigenvalue weighted by atomic mass is 19.1. The van der Waals surface area contributed by atoms with E-state index in [1.807, 2.05) is 19.1 Å². The summed E-state index contributed by atoms with van der Waals surface area (Å²) in [6.45, 7) is 2.68. The van der Waals surface area contributed by atoms with Gasteiger partial charge in [-0.15, -0.1) is 0 Å². The molecule has 0 bridgehead atoms. The number of halogens is 1. The van der Waals surface area contributed by atoms with Gasteiger partial charge in [0.25, 0.3) is 0 Å². The third kappa shape index (κ3) is 3.68. The molecule has 2 rings (SSSR count). The van der Waals surface area contributed by atoms with Crippen molar-refractivity contribution in [3.05, 3.63) is 47.5 Å². The molecule has 106 valence electrons. The minimum absolute atomic E-state index is 0.0740. The number of carboxylic acid groups (broad SMARTS) is 1. The van der Waals surface area contributed by atoms with Crippen LogP contribution in [0.15, 0.2) is 34.7 Å². The van der Waals surface area contributed by atoms with Gasteiger partial charge in [-0.2, -0.15) is 0 Å². The summed E-state index contributed by atoms with van der Waals surface area (Å²) in [7, 11) is 0. The number of nitrogens with one attached hydrogen (secondary N) is 1. The van der Waals surface area contributed by atoms with Crippen LogP contribution in [0.4, 0.5) is 4.39 Å². The largest absolute Gasteiger partial charge is 0.481 e. The molecule has 0 amide bonds. The Hall–Kier alpha value is -2.14. The van der Waals surface area contributed by atoms with E-state index in [2.05, 4.69) is 5.32 Å². The number of hydrogen-bond acceptors (Lipinski definition) is 3. The van der Waals surface area contributed by atoms with Crippen LogP contribution >= 0.6 is 0 Å². The molecule has 0 spiro atoms. The van der Waals surface area contributed by atoms with Crippen LogP contribution < -0.4 is 5.32 Å². The first kappa shape index (κ1) is 14.3. The van der Waals surface area contributed by atoms with E-state index in [1.54, 1.807) is 6.07 Å². The quantitative estimate of drug-likeness (QED) is 0.797. The second-order valence-electron chi connectivity index (χ2n) is 4.55. The van der Waals surface area contributed by atoms with E-state index in [1.165, 1.54) is 12.1 Å². The van der Waals surface area contributed by atoms with E-state index in [9.17, 15) is 9.18 Å². The third-order valence-corrected chi connectivity index (χ3v) is 2.93. The van der Waals surface area contributed by atoms with Crippen molar-refractivity contribution in [1.29, 1.82) is 0 Å². The van der Waals surface area contributed by atoms with Crippen molar-refractivity contribution in [1.82, 2.24) is 5.32 Å². The molecule has 0 saturated carbocycles. The van der Waals surface area contributed by atoms with Crippen LogP contribution in [0, 0.1) is 12.7 Å². The van der Waals surface area contributed by atoms with Gasteiger partial charge < -0.3 is 14.8 Å². The molecule has 2 aromatic rings. The number of carboxylic acids is 1. The zero-order valence-corrected chi connectivity index (χ0v) is 11.1. The normalized spacial score (nSPS) is 10.7. The first-order chi connectivity index (χ1) is 9.56. The number of aliphatic carboxylic acids is 1. The summed E-state index contributed by atoms with van der Waals surface area (Å²) in [6, 6.07) is 8.20. The molecule has 0 radical (unpaired) electrons. The summed E-state index contributed by atoms with van der Waals surface area (Å²) >= 11 is 0. The molecule has 1 heterocycles. The highest BCUT2D eigenvalue weighted by Gasteiger charge is 2.08. The molecule has 0 atom stereocenters. The van der Waals surface area contributed by atoms with Gasteiger partial charge in [-0.1, -0.05) is 0 Å². The van der Waals surface area contributed by atoms with Crippen molar-refractivity contribution >= 4 is 5.97 Å². The predicted molar refractivity (Wildman–Crippen MR) is 72.8 cm³/mol. The molecule has 0 saturated heterocycles. The average molecular weight is 277 g/mol. The Kier molecular flexibility index (Phi) is 4.53. The Labute approximate surface area is 116 Å².